The van der Waals surface area contributed by atoms with Gasteiger partial charge < -0.3 is 4.74 Å². The Kier molecular flexibility index (Phi) is 4.24. The first-order valence-electron chi connectivity index (χ1n) is 5.51. The van der Waals surface area contributed by atoms with Crippen LogP contribution in [-0.4, -0.2) is 7.11 Å². The van der Waals surface area contributed by atoms with Gasteiger partial charge >= 0.3 is 0 Å². The van der Waals surface area contributed by atoms with Gasteiger partial charge in [0.15, 0.2) is 0 Å². The van der Waals surface area contributed by atoms with Crippen LogP contribution in [0.25, 0.3) is 0 Å². The summed E-state index contributed by atoms with van der Waals surface area (Å²) in [6.45, 7) is 2.02. The van der Waals surface area contributed by atoms with Crippen LogP contribution in [0.1, 0.15) is 22.0 Å². The molecule has 0 saturated carbocycles. The van der Waals surface area contributed by atoms with E-state index in [0.717, 1.165) is 21.8 Å². The number of ether oxygens (including phenoxy) is 1. The second-order valence-corrected chi connectivity index (χ2v) is 5.33. The van der Waals surface area contributed by atoms with E-state index in [9.17, 15) is 0 Å². The number of nitrogens with two attached hydrogens (primary N) is 1. The maximum atomic E-state index is 6.16. The van der Waals surface area contributed by atoms with Crippen LogP contribution in [0.15, 0.2) is 29.6 Å². The number of hydrogen-bond acceptors (Lipinski definition) is 4. The number of hydrogen-bond donors (Lipinski definition) is 2. The summed E-state index contributed by atoms with van der Waals surface area (Å²) in [4.78, 5) is 0.987. The maximum Gasteiger partial charge on any atom is 0.124 e. The molecule has 0 fully saturated rings. The van der Waals surface area contributed by atoms with Crippen LogP contribution in [0.4, 0.5) is 0 Å². The number of hydrazine groups is 1. The molecule has 1 aromatic heterocycles. The van der Waals surface area contributed by atoms with Crippen LogP contribution >= 0.6 is 22.9 Å². The predicted molar refractivity (Wildman–Crippen MR) is 76.2 cm³/mol. The molecular formula is C13H15ClN2OS. The molecule has 96 valence electrons. The normalized spacial score (nSPS) is 12.4. The smallest absolute Gasteiger partial charge is 0.124 e. The summed E-state index contributed by atoms with van der Waals surface area (Å²) in [7, 11) is 1.65. The van der Waals surface area contributed by atoms with Gasteiger partial charge in [0.25, 0.3) is 0 Å². The van der Waals surface area contributed by atoms with E-state index in [1.165, 1.54) is 0 Å². The molecule has 3 nitrogen and oxygen atoms in total. The molecule has 5 heteroatoms. The fourth-order valence-corrected chi connectivity index (χ4v) is 3.12. The van der Waals surface area contributed by atoms with Crippen molar-refractivity contribution in [3.05, 3.63) is 50.7 Å². The largest absolute Gasteiger partial charge is 0.496 e. The van der Waals surface area contributed by atoms with Crippen molar-refractivity contribution in [1.82, 2.24) is 5.43 Å². The van der Waals surface area contributed by atoms with Gasteiger partial charge in [-0.25, -0.2) is 5.43 Å². The van der Waals surface area contributed by atoms with Gasteiger partial charge in [0, 0.05) is 10.4 Å². The zero-order chi connectivity index (χ0) is 13.1. The Labute approximate surface area is 116 Å². The summed E-state index contributed by atoms with van der Waals surface area (Å²) in [5.41, 5.74) is 4.93. The zero-order valence-corrected chi connectivity index (χ0v) is 11.8. The van der Waals surface area contributed by atoms with Crippen LogP contribution < -0.4 is 16.0 Å². The molecule has 18 heavy (non-hydrogen) atoms. The first-order chi connectivity index (χ1) is 8.67. The molecule has 0 saturated heterocycles. The van der Waals surface area contributed by atoms with Crippen LogP contribution in [-0.2, 0) is 0 Å². The first-order valence-corrected chi connectivity index (χ1v) is 6.76. The third kappa shape index (κ3) is 2.52. The summed E-state index contributed by atoms with van der Waals surface area (Å²) >= 11 is 7.73. The van der Waals surface area contributed by atoms with Crippen LogP contribution in [0.5, 0.6) is 5.75 Å². The Bertz CT molecular complexity index is 542. The SMILES string of the molecule is COc1cc(C)ccc1C(NN)c1sccc1Cl. The van der Waals surface area contributed by atoms with E-state index >= 15 is 0 Å². The summed E-state index contributed by atoms with van der Waals surface area (Å²) in [6, 6.07) is 7.74. The van der Waals surface area contributed by atoms with Crippen molar-refractivity contribution in [2.24, 2.45) is 5.84 Å². The monoisotopic (exact) mass is 282 g/mol. The lowest BCUT2D eigenvalue weighted by atomic mass is 10.0. The highest BCUT2D eigenvalue weighted by Crippen LogP contribution is 2.36. The van der Waals surface area contributed by atoms with Crippen LogP contribution in [0.3, 0.4) is 0 Å². The third-order valence-electron chi connectivity index (χ3n) is 2.77. The third-order valence-corrected chi connectivity index (χ3v) is 4.20. The van der Waals surface area contributed by atoms with E-state index < -0.39 is 0 Å². The van der Waals surface area contributed by atoms with Gasteiger partial charge in [-0.3, -0.25) is 5.84 Å². The molecule has 0 spiro atoms. The Morgan fingerprint density at radius 3 is 2.72 bits per heavy atom. The number of rotatable bonds is 4. The molecule has 2 rings (SSSR count). The molecule has 1 aromatic carbocycles. The van der Waals surface area contributed by atoms with E-state index in [1.54, 1.807) is 18.4 Å². The van der Waals surface area contributed by atoms with Gasteiger partial charge in [-0.1, -0.05) is 23.7 Å². The molecule has 0 bridgehead atoms. The van der Waals surface area contributed by atoms with Gasteiger partial charge in [0.1, 0.15) is 5.75 Å². The van der Waals surface area contributed by atoms with Crippen molar-refractivity contribution in [2.75, 3.05) is 7.11 Å². The van der Waals surface area contributed by atoms with E-state index in [0.29, 0.717) is 5.02 Å². The Morgan fingerprint density at radius 1 is 1.39 bits per heavy atom. The van der Waals surface area contributed by atoms with E-state index in [1.807, 2.05) is 36.6 Å². The van der Waals surface area contributed by atoms with E-state index in [2.05, 4.69) is 5.43 Å². The maximum absolute atomic E-state index is 6.16. The molecular weight excluding hydrogens is 268 g/mol. The molecule has 2 aromatic rings. The minimum atomic E-state index is -0.159. The highest BCUT2D eigenvalue weighted by Gasteiger charge is 2.20. The molecule has 1 atom stereocenters. The fourth-order valence-electron chi connectivity index (χ4n) is 1.87. The van der Waals surface area contributed by atoms with Gasteiger partial charge in [-0.05, 0) is 30.0 Å². The summed E-state index contributed by atoms with van der Waals surface area (Å²) in [5, 5.41) is 2.66. The summed E-state index contributed by atoms with van der Waals surface area (Å²) in [6.07, 6.45) is 0. The quantitative estimate of drug-likeness (QED) is 0.668. The molecule has 0 aliphatic rings. The highest BCUT2D eigenvalue weighted by molar-refractivity contribution is 7.10. The number of aryl methyl sites for hydroxylation is 1. The lowest BCUT2D eigenvalue weighted by Gasteiger charge is -2.19. The summed E-state index contributed by atoms with van der Waals surface area (Å²) < 4.78 is 5.41. The molecule has 0 amide bonds. The van der Waals surface area contributed by atoms with Crippen molar-refractivity contribution >= 4 is 22.9 Å². The zero-order valence-electron chi connectivity index (χ0n) is 10.2. The second-order valence-electron chi connectivity index (χ2n) is 3.98. The van der Waals surface area contributed by atoms with Crippen molar-refractivity contribution in [3.63, 3.8) is 0 Å². The lowest BCUT2D eigenvalue weighted by molar-refractivity contribution is 0.404. The Morgan fingerprint density at radius 2 is 2.17 bits per heavy atom. The van der Waals surface area contributed by atoms with Gasteiger partial charge in [-0.15, -0.1) is 11.3 Å². The van der Waals surface area contributed by atoms with E-state index in [4.69, 9.17) is 22.2 Å². The fraction of sp³-hybridized carbons (Fsp3) is 0.231. The molecule has 0 aliphatic carbocycles. The van der Waals surface area contributed by atoms with Crippen molar-refractivity contribution in [1.29, 1.82) is 0 Å². The molecule has 1 heterocycles. The number of halogens is 1. The summed E-state index contributed by atoms with van der Waals surface area (Å²) in [5.74, 6) is 6.48. The van der Waals surface area contributed by atoms with Gasteiger partial charge in [0.2, 0.25) is 0 Å². The number of methoxy groups -OCH3 is 1. The van der Waals surface area contributed by atoms with Crippen LogP contribution in [0, 0.1) is 6.92 Å². The van der Waals surface area contributed by atoms with Crippen LogP contribution in [0.2, 0.25) is 5.02 Å². The standard InChI is InChI=1S/C13H15ClN2OS/c1-8-3-4-9(11(7-8)17-2)12(16-15)13-10(14)5-6-18-13/h3-7,12,16H,15H2,1-2H3. The Balaban J connectivity index is 2.48. The van der Waals surface area contributed by atoms with Crippen molar-refractivity contribution in [2.45, 2.75) is 13.0 Å². The van der Waals surface area contributed by atoms with Crippen molar-refractivity contribution in [3.8, 4) is 5.75 Å². The minimum absolute atomic E-state index is 0.159. The lowest BCUT2D eigenvalue weighted by Crippen LogP contribution is -2.28. The van der Waals surface area contributed by atoms with Gasteiger partial charge in [-0.2, -0.15) is 0 Å². The molecule has 1 unspecified atom stereocenters. The highest BCUT2D eigenvalue weighted by atomic mass is 35.5. The second kappa shape index (κ2) is 5.71. The first kappa shape index (κ1) is 13.4. The average molecular weight is 283 g/mol. The number of nitrogens with one attached hydrogen (secondary N) is 1. The average Bonchev–Trinajstić information content (AvgIpc) is 2.78. The van der Waals surface area contributed by atoms with E-state index in [-0.39, 0.29) is 6.04 Å². The van der Waals surface area contributed by atoms with Gasteiger partial charge in [0.05, 0.1) is 18.2 Å². The number of benzene rings is 1. The molecule has 3 N–H and O–H groups in total. The predicted octanol–water partition coefficient (Wildman–Crippen LogP) is 3.27. The molecule has 0 aliphatic heterocycles. The Hall–Kier alpha value is -1.07. The van der Waals surface area contributed by atoms with Crippen molar-refractivity contribution < 1.29 is 4.74 Å². The number of thiophene rings is 1. The molecule has 0 radical (unpaired) electrons. The minimum Gasteiger partial charge on any atom is -0.496 e. The topological polar surface area (TPSA) is 47.3 Å².